The second-order valence-corrected chi connectivity index (χ2v) is 11.5. The van der Waals surface area contributed by atoms with Gasteiger partial charge in [-0.1, -0.05) is 53.9 Å². The minimum absolute atomic E-state index is 0.876. The summed E-state index contributed by atoms with van der Waals surface area (Å²) in [5.74, 6) is 0. The predicted octanol–water partition coefficient (Wildman–Crippen LogP) is 5.01. The van der Waals surface area contributed by atoms with E-state index in [9.17, 15) is 0 Å². The molecule has 0 aliphatic heterocycles. The highest BCUT2D eigenvalue weighted by Crippen LogP contribution is 2.20. The van der Waals surface area contributed by atoms with Gasteiger partial charge in [0.25, 0.3) is 0 Å². The van der Waals surface area contributed by atoms with Crippen molar-refractivity contribution in [3.8, 4) is 0 Å². The van der Waals surface area contributed by atoms with Gasteiger partial charge in [0, 0.05) is 27.4 Å². The van der Waals surface area contributed by atoms with Gasteiger partial charge < -0.3 is 17.7 Å². The molecule has 0 spiro atoms. The molecule has 0 atom stereocenters. The monoisotopic (exact) mass is 366 g/mol. The van der Waals surface area contributed by atoms with Crippen LogP contribution < -0.4 is 0 Å². The van der Waals surface area contributed by atoms with Crippen molar-refractivity contribution in [2.45, 2.75) is 84.9 Å². The summed E-state index contributed by atoms with van der Waals surface area (Å²) in [7, 11) is 0.545. The van der Waals surface area contributed by atoms with E-state index < -0.39 is 17.8 Å². The maximum atomic E-state index is 5.65. The van der Waals surface area contributed by atoms with Gasteiger partial charge in [-0.05, 0) is 31.0 Å². The lowest BCUT2D eigenvalue weighted by molar-refractivity contribution is 0.196. The minimum atomic E-state index is -1.74. The summed E-state index contributed by atoms with van der Waals surface area (Å²) in [6.45, 7) is 12.6. The molecule has 0 bridgehead atoms. The summed E-state index contributed by atoms with van der Waals surface area (Å²) in [6, 6.07) is 3.39. The van der Waals surface area contributed by atoms with Crippen LogP contribution >= 0.6 is 0 Å². The maximum Gasteiger partial charge on any atom is 0.337 e. The Morgan fingerprint density at radius 2 is 1.09 bits per heavy atom. The lowest BCUT2D eigenvalue weighted by Crippen LogP contribution is -2.39. The molecule has 23 heavy (non-hydrogen) atoms. The molecule has 142 valence electrons. The van der Waals surface area contributed by atoms with Crippen LogP contribution in [0.3, 0.4) is 0 Å². The Bertz CT molecular complexity index is 211. The van der Waals surface area contributed by atoms with Crippen LogP contribution in [0.15, 0.2) is 0 Å². The Labute approximate surface area is 148 Å². The quantitative estimate of drug-likeness (QED) is 0.405. The summed E-state index contributed by atoms with van der Waals surface area (Å²) in [4.78, 5) is 0. The molecule has 0 N–H and O–H groups in total. The van der Waals surface area contributed by atoms with Crippen molar-refractivity contribution in [3.05, 3.63) is 0 Å². The van der Waals surface area contributed by atoms with E-state index in [1.807, 2.05) is 0 Å². The summed E-state index contributed by atoms with van der Waals surface area (Å²) < 4.78 is 22.3. The first-order chi connectivity index (χ1) is 11.1. The van der Waals surface area contributed by atoms with Crippen LogP contribution in [0.5, 0.6) is 0 Å². The summed E-state index contributed by atoms with van der Waals surface area (Å²) >= 11 is 0. The van der Waals surface area contributed by atoms with E-state index in [0.29, 0.717) is 0 Å². The molecule has 0 saturated carbocycles. The average molecular weight is 367 g/mol. The molecule has 0 heterocycles. The van der Waals surface area contributed by atoms with Crippen LogP contribution in [-0.4, -0.2) is 45.3 Å². The molecule has 0 aliphatic carbocycles. The Balaban J connectivity index is 0. The van der Waals surface area contributed by atoms with Gasteiger partial charge in [0.05, 0.1) is 0 Å². The van der Waals surface area contributed by atoms with Crippen molar-refractivity contribution in [2.75, 3.05) is 27.4 Å². The van der Waals surface area contributed by atoms with Gasteiger partial charge in [0.2, 0.25) is 0 Å². The molecule has 0 fully saturated rings. The van der Waals surface area contributed by atoms with Gasteiger partial charge in [-0.25, -0.2) is 0 Å². The molecule has 6 heteroatoms. The fraction of sp³-hybridized carbons (Fsp3) is 1.00. The maximum absolute atomic E-state index is 5.65. The van der Waals surface area contributed by atoms with Crippen molar-refractivity contribution in [1.82, 2.24) is 0 Å². The van der Waals surface area contributed by atoms with Crippen molar-refractivity contribution in [1.29, 1.82) is 0 Å². The first kappa shape index (κ1) is 25.5. The first-order valence-electron chi connectivity index (χ1n) is 9.42. The minimum Gasteiger partial charge on any atom is -0.398 e. The number of hydrogen-bond donors (Lipinski definition) is 0. The average Bonchev–Trinajstić information content (AvgIpc) is 2.57. The second-order valence-electron chi connectivity index (χ2n) is 5.78. The van der Waals surface area contributed by atoms with Crippen LogP contribution in [0.25, 0.3) is 0 Å². The highest BCUT2D eigenvalue weighted by atomic mass is 28.4. The lowest BCUT2D eigenvalue weighted by Gasteiger charge is -2.26. The first-order valence-corrected chi connectivity index (χ1v) is 13.4. The van der Waals surface area contributed by atoms with Crippen molar-refractivity contribution in [3.63, 3.8) is 0 Å². The molecule has 0 aliphatic rings. The van der Waals surface area contributed by atoms with Crippen LogP contribution in [-0.2, 0) is 17.7 Å². The van der Waals surface area contributed by atoms with Crippen LogP contribution in [0.2, 0.25) is 18.1 Å². The van der Waals surface area contributed by atoms with E-state index in [1.54, 1.807) is 14.2 Å². The summed E-state index contributed by atoms with van der Waals surface area (Å²) in [5.41, 5.74) is 0. The topological polar surface area (TPSA) is 36.9 Å². The Morgan fingerprint density at radius 3 is 1.35 bits per heavy atom. The zero-order valence-corrected chi connectivity index (χ0v) is 18.9. The van der Waals surface area contributed by atoms with E-state index in [-0.39, 0.29) is 0 Å². The molecule has 0 unspecified atom stereocenters. The molecule has 0 aromatic carbocycles. The van der Waals surface area contributed by atoms with Crippen LogP contribution in [0.1, 0.15) is 66.7 Å². The van der Waals surface area contributed by atoms with Crippen molar-refractivity contribution < 1.29 is 17.7 Å². The fourth-order valence-electron chi connectivity index (χ4n) is 2.33. The third-order valence-electron chi connectivity index (χ3n) is 3.55. The molecule has 0 rings (SSSR count). The SMILES string of the molecule is CCCO[SiH](CCC)OCCC.CCC[Si](CCC)(OC)OC. The van der Waals surface area contributed by atoms with E-state index >= 15 is 0 Å². The highest BCUT2D eigenvalue weighted by molar-refractivity contribution is 6.67. The van der Waals surface area contributed by atoms with E-state index in [0.717, 1.165) is 57.0 Å². The standard InChI is InChI=1S/C9H22O2Si.C8H20O2Si/c1-4-7-10-12(9-6-3)11-8-5-2;1-5-7-11(9-3,10-4)8-6-2/h12H,4-9H2,1-3H3;5-8H2,1-4H3. The summed E-state index contributed by atoms with van der Waals surface area (Å²) in [5, 5.41) is 0. The molecule has 4 nitrogen and oxygen atoms in total. The molecular formula is C17H42O4Si2. The molecule has 0 amide bonds. The van der Waals surface area contributed by atoms with Gasteiger partial charge in [-0.15, -0.1) is 0 Å². The van der Waals surface area contributed by atoms with Gasteiger partial charge in [0.15, 0.2) is 0 Å². The van der Waals surface area contributed by atoms with Gasteiger partial charge >= 0.3 is 17.8 Å². The largest absolute Gasteiger partial charge is 0.398 e. The Hall–Kier alpha value is 0.274. The van der Waals surface area contributed by atoms with Crippen molar-refractivity contribution in [2.24, 2.45) is 0 Å². The second kappa shape index (κ2) is 18.6. The third kappa shape index (κ3) is 14.3. The zero-order valence-electron chi connectivity index (χ0n) is 16.8. The van der Waals surface area contributed by atoms with E-state index in [2.05, 4.69) is 34.6 Å². The smallest absolute Gasteiger partial charge is 0.337 e. The highest BCUT2D eigenvalue weighted by Gasteiger charge is 2.32. The fourth-order valence-corrected chi connectivity index (χ4v) is 6.98. The van der Waals surface area contributed by atoms with Crippen molar-refractivity contribution >= 4 is 17.8 Å². The predicted molar refractivity (Wildman–Crippen MR) is 105 cm³/mol. The molecule has 0 aromatic heterocycles. The van der Waals surface area contributed by atoms with Gasteiger partial charge in [-0.2, -0.15) is 0 Å². The number of hydrogen-bond acceptors (Lipinski definition) is 4. The van der Waals surface area contributed by atoms with Crippen LogP contribution in [0.4, 0.5) is 0 Å². The Kier molecular flexibility index (Phi) is 20.6. The number of rotatable bonds is 14. The molecule has 0 saturated heterocycles. The van der Waals surface area contributed by atoms with E-state index in [4.69, 9.17) is 17.7 Å². The zero-order chi connectivity index (χ0) is 18.0. The lowest BCUT2D eigenvalue weighted by atomic mass is 10.5. The van der Waals surface area contributed by atoms with E-state index in [1.165, 1.54) is 6.42 Å². The third-order valence-corrected chi connectivity index (χ3v) is 9.82. The van der Waals surface area contributed by atoms with Gasteiger partial charge in [0.1, 0.15) is 0 Å². The normalized spacial score (nSPS) is 11.5. The summed E-state index contributed by atoms with van der Waals surface area (Å²) in [6.07, 6.45) is 5.71. The molecular weight excluding hydrogens is 324 g/mol. The molecule has 0 aromatic rings. The molecule has 0 radical (unpaired) electrons. The van der Waals surface area contributed by atoms with Gasteiger partial charge in [-0.3, -0.25) is 0 Å². The van der Waals surface area contributed by atoms with Crippen LogP contribution in [0, 0.1) is 0 Å². The Morgan fingerprint density at radius 1 is 0.652 bits per heavy atom.